The van der Waals surface area contributed by atoms with Gasteiger partial charge in [0, 0.05) is 17.6 Å². The number of hydrogen-bond donors (Lipinski definition) is 0. The molecular weight excluding hydrogens is 362 g/mol. The second kappa shape index (κ2) is 6.86. The van der Waals surface area contributed by atoms with Crippen LogP contribution in [0.4, 0.5) is 0 Å². The maximum absolute atomic E-state index is 13.0. The minimum absolute atomic E-state index is 0.204. The molecule has 3 rings (SSSR count). The molecular formula is C18H20ClNO4S. The molecule has 1 atom stereocenters. The zero-order valence-electron chi connectivity index (χ0n) is 14.3. The van der Waals surface area contributed by atoms with Gasteiger partial charge < -0.3 is 9.47 Å². The Balaban J connectivity index is 2.02. The molecule has 0 aliphatic carbocycles. The Hall–Kier alpha value is -1.76. The molecule has 0 spiro atoms. The largest absolute Gasteiger partial charge is 0.493 e. The molecule has 0 unspecified atom stereocenters. The van der Waals surface area contributed by atoms with Crippen molar-refractivity contribution in [1.82, 2.24) is 4.31 Å². The Morgan fingerprint density at radius 2 is 1.80 bits per heavy atom. The van der Waals surface area contributed by atoms with Gasteiger partial charge in [-0.2, -0.15) is 4.31 Å². The normalized spacial score (nSPS) is 17.8. The molecule has 0 saturated carbocycles. The second-order valence-electron chi connectivity index (χ2n) is 5.91. The van der Waals surface area contributed by atoms with E-state index in [4.69, 9.17) is 21.1 Å². The van der Waals surface area contributed by atoms with Crippen LogP contribution in [0.15, 0.2) is 41.3 Å². The summed E-state index contributed by atoms with van der Waals surface area (Å²) < 4.78 is 38.3. The van der Waals surface area contributed by atoms with Crippen molar-refractivity contribution in [2.75, 3.05) is 20.8 Å². The van der Waals surface area contributed by atoms with Crippen molar-refractivity contribution >= 4 is 21.6 Å². The van der Waals surface area contributed by atoms with Gasteiger partial charge in [0.25, 0.3) is 0 Å². The highest BCUT2D eigenvalue weighted by atomic mass is 35.5. The minimum atomic E-state index is -3.63. The first-order valence-electron chi connectivity index (χ1n) is 7.90. The number of methoxy groups -OCH3 is 2. The lowest BCUT2D eigenvalue weighted by Gasteiger charge is -2.34. The van der Waals surface area contributed by atoms with Gasteiger partial charge in [-0.1, -0.05) is 17.7 Å². The summed E-state index contributed by atoms with van der Waals surface area (Å²) in [4.78, 5) is 0.204. The van der Waals surface area contributed by atoms with Gasteiger partial charge in [-0.25, -0.2) is 8.42 Å². The van der Waals surface area contributed by atoms with E-state index in [0.29, 0.717) is 29.5 Å². The fourth-order valence-electron chi connectivity index (χ4n) is 3.21. The van der Waals surface area contributed by atoms with Crippen LogP contribution in [-0.2, 0) is 16.4 Å². The first kappa shape index (κ1) is 18.0. The van der Waals surface area contributed by atoms with E-state index in [9.17, 15) is 8.42 Å². The molecule has 25 heavy (non-hydrogen) atoms. The van der Waals surface area contributed by atoms with Gasteiger partial charge in [-0.15, -0.1) is 0 Å². The summed E-state index contributed by atoms with van der Waals surface area (Å²) in [6.45, 7) is 2.28. The SMILES string of the molecule is COc1cc2c(cc1OC)[C@H](C)N(S(=O)(=O)c1cccc(Cl)c1)CC2. The van der Waals surface area contributed by atoms with Crippen molar-refractivity contribution in [3.05, 3.63) is 52.5 Å². The average molecular weight is 382 g/mol. The summed E-state index contributed by atoms with van der Waals surface area (Å²) in [6.07, 6.45) is 0.611. The molecule has 0 bridgehead atoms. The molecule has 0 fully saturated rings. The zero-order chi connectivity index (χ0) is 18.2. The van der Waals surface area contributed by atoms with Crippen LogP contribution >= 0.6 is 11.6 Å². The van der Waals surface area contributed by atoms with Crippen molar-refractivity contribution in [2.24, 2.45) is 0 Å². The highest BCUT2D eigenvalue weighted by molar-refractivity contribution is 7.89. The highest BCUT2D eigenvalue weighted by Crippen LogP contribution is 2.39. The Morgan fingerprint density at radius 3 is 2.44 bits per heavy atom. The van der Waals surface area contributed by atoms with Crippen molar-refractivity contribution in [3.8, 4) is 11.5 Å². The van der Waals surface area contributed by atoms with Crippen LogP contribution in [0, 0.1) is 0 Å². The number of halogens is 1. The van der Waals surface area contributed by atoms with E-state index in [1.54, 1.807) is 32.4 Å². The Labute approximate surface area is 153 Å². The third-order valence-electron chi connectivity index (χ3n) is 4.53. The Morgan fingerprint density at radius 1 is 1.12 bits per heavy atom. The lowest BCUT2D eigenvalue weighted by Crippen LogP contribution is -2.38. The fraction of sp³-hybridized carbons (Fsp3) is 0.333. The molecule has 1 aliphatic heterocycles. The highest BCUT2D eigenvalue weighted by Gasteiger charge is 2.34. The van der Waals surface area contributed by atoms with E-state index < -0.39 is 10.0 Å². The van der Waals surface area contributed by atoms with Gasteiger partial charge in [-0.3, -0.25) is 0 Å². The van der Waals surface area contributed by atoms with Crippen LogP contribution in [0.1, 0.15) is 24.1 Å². The Kier molecular flexibility index (Phi) is 4.95. The van der Waals surface area contributed by atoms with Crippen LogP contribution in [0.3, 0.4) is 0 Å². The van der Waals surface area contributed by atoms with Gasteiger partial charge in [0.1, 0.15) is 0 Å². The molecule has 5 nitrogen and oxygen atoms in total. The van der Waals surface area contributed by atoms with Gasteiger partial charge >= 0.3 is 0 Å². The predicted octanol–water partition coefficient (Wildman–Crippen LogP) is 3.67. The molecule has 0 amide bonds. The van der Waals surface area contributed by atoms with Gasteiger partial charge in [0.2, 0.25) is 10.0 Å². The number of benzene rings is 2. The summed E-state index contributed by atoms with van der Waals surface area (Å²) in [6, 6.07) is 9.82. The monoisotopic (exact) mass is 381 g/mol. The lowest BCUT2D eigenvalue weighted by molar-refractivity contribution is 0.319. The fourth-order valence-corrected chi connectivity index (χ4v) is 5.13. The van der Waals surface area contributed by atoms with Crippen LogP contribution in [0.2, 0.25) is 5.02 Å². The summed E-state index contributed by atoms with van der Waals surface area (Å²) in [5.74, 6) is 1.25. The van der Waals surface area contributed by atoms with Crippen molar-refractivity contribution < 1.29 is 17.9 Å². The molecule has 1 aliphatic rings. The third kappa shape index (κ3) is 3.21. The summed E-state index contributed by atoms with van der Waals surface area (Å²) >= 11 is 5.97. The van der Waals surface area contributed by atoms with Crippen molar-refractivity contribution in [3.63, 3.8) is 0 Å². The Bertz CT molecular complexity index is 898. The summed E-state index contributed by atoms with van der Waals surface area (Å²) in [7, 11) is -0.478. The maximum Gasteiger partial charge on any atom is 0.243 e. The maximum atomic E-state index is 13.0. The summed E-state index contributed by atoms with van der Waals surface area (Å²) in [5, 5.41) is 0.401. The van der Waals surface area contributed by atoms with Gasteiger partial charge in [0.15, 0.2) is 11.5 Å². The number of ether oxygens (including phenoxy) is 2. The molecule has 0 N–H and O–H groups in total. The van der Waals surface area contributed by atoms with Crippen molar-refractivity contribution in [1.29, 1.82) is 0 Å². The molecule has 1 heterocycles. The molecule has 0 saturated heterocycles. The molecule has 2 aromatic rings. The molecule has 134 valence electrons. The number of sulfonamides is 1. The lowest BCUT2D eigenvalue weighted by atomic mass is 9.94. The first-order chi connectivity index (χ1) is 11.9. The summed E-state index contributed by atoms with van der Waals surface area (Å²) in [5.41, 5.74) is 2.00. The van der Waals surface area contributed by atoms with E-state index in [0.717, 1.165) is 11.1 Å². The number of nitrogens with zero attached hydrogens (tertiary/aromatic N) is 1. The quantitative estimate of drug-likeness (QED) is 0.810. The number of rotatable bonds is 4. The molecule has 0 aromatic heterocycles. The minimum Gasteiger partial charge on any atom is -0.493 e. The van der Waals surface area contributed by atoms with E-state index in [1.165, 1.54) is 10.4 Å². The standard InChI is InChI=1S/C18H20ClNO4S/c1-12-16-11-18(24-3)17(23-2)9-13(16)7-8-20(12)25(21,22)15-6-4-5-14(19)10-15/h4-6,9-12H,7-8H2,1-3H3/t12-/m0/s1. The molecule has 0 radical (unpaired) electrons. The molecule has 2 aromatic carbocycles. The zero-order valence-corrected chi connectivity index (χ0v) is 15.9. The van der Waals surface area contributed by atoms with E-state index >= 15 is 0 Å². The van der Waals surface area contributed by atoms with E-state index in [2.05, 4.69) is 0 Å². The van der Waals surface area contributed by atoms with Gasteiger partial charge in [-0.05, 0) is 54.8 Å². The van der Waals surface area contributed by atoms with Crippen molar-refractivity contribution in [2.45, 2.75) is 24.3 Å². The van der Waals surface area contributed by atoms with Crippen LogP contribution in [0.25, 0.3) is 0 Å². The van der Waals surface area contributed by atoms with E-state index in [1.807, 2.05) is 19.1 Å². The van der Waals surface area contributed by atoms with Crippen LogP contribution in [-0.4, -0.2) is 33.5 Å². The number of fused-ring (bicyclic) bond motifs is 1. The topological polar surface area (TPSA) is 55.8 Å². The smallest absolute Gasteiger partial charge is 0.243 e. The van der Waals surface area contributed by atoms with Crippen LogP contribution < -0.4 is 9.47 Å². The first-order valence-corrected chi connectivity index (χ1v) is 9.72. The van der Waals surface area contributed by atoms with Gasteiger partial charge in [0.05, 0.1) is 19.1 Å². The second-order valence-corrected chi connectivity index (χ2v) is 8.23. The molecule has 7 heteroatoms. The number of hydrogen-bond acceptors (Lipinski definition) is 4. The average Bonchev–Trinajstić information content (AvgIpc) is 2.60. The third-order valence-corrected chi connectivity index (χ3v) is 6.73. The predicted molar refractivity (Wildman–Crippen MR) is 97.0 cm³/mol. The van der Waals surface area contributed by atoms with E-state index in [-0.39, 0.29) is 10.9 Å². The van der Waals surface area contributed by atoms with Crippen LogP contribution in [0.5, 0.6) is 11.5 Å².